The minimum Gasteiger partial charge on any atom is -0.490 e. The molecular formula is C26H25BrFN3O4. The molecule has 0 spiro atoms. The maximum atomic E-state index is 12.9. The zero-order chi connectivity index (χ0) is 25.0. The van der Waals surface area contributed by atoms with Crippen molar-refractivity contribution in [3.63, 3.8) is 0 Å². The third-order valence-corrected chi connectivity index (χ3v) is 5.26. The van der Waals surface area contributed by atoms with Crippen LogP contribution < -0.4 is 20.2 Å². The van der Waals surface area contributed by atoms with E-state index in [1.165, 1.54) is 30.5 Å². The van der Waals surface area contributed by atoms with Crippen LogP contribution in [0.4, 0.5) is 10.1 Å². The Hall–Kier alpha value is -3.72. The van der Waals surface area contributed by atoms with Gasteiger partial charge in [-0.25, -0.2) is 9.82 Å². The molecule has 2 N–H and O–H groups in total. The Morgan fingerprint density at radius 2 is 1.71 bits per heavy atom. The van der Waals surface area contributed by atoms with Gasteiger partial charge in [0.1, 0.15) is 12.4 Å². The van der Waals surface area contributed by atoms with E-state index < -0.39 is 11.7 Å². The maximum Gasteiger partial charge on any atom is 0.240 e. The number of ether oxygens (including phenoxy) is 2. The van der Waals surface area contributed by atoms with Crippen molar-refractivity contribution < 1.29 is 23.5 Å². The van der Waals surface area contributed by atoms with Gasteiger partial charge in [0.25, 0.3) is 0 Å². The molecule has 0 bridgehead atoms. The lowest BCUT2D eigenvalue weighted by Crippen LogP contribution is -2.20. The van der Waals surface area contributed by atoms with Crippen LogP contribution in [0, 0.1) is 5.82 Å². The summed E-state index contributed by atoms with van der Waals surface area (Å²) < 4.78 is 25.3. The van der Waals surface area contributed by atoms with Crippen LogP contribution in [0.3, 0.4) is 0 Å². The molecule has 0 aliphatic carbocycles. The fourth-order valence-electron chi connectivity index (χ4n) is 3.01. The van der Waals surface area contributed by atoms with Crippen molar-refractivity contribution in [2.45, 2.75) is 26.4 Å². The Morgan fingerprint density at radius 1 is 1.00 bits per heavy atom. The third kappa shape index (κ3) is 8.53. The van der Waals surface area contributed by atoms with Gasteiger partial charge >= 0.3 is 0 Å². The Balaban J connectivity index is 1.53. The second-order valence-electron chi connectivity index (χ2n) is 7.39. The molecule has 3 aromatic carbocycles. The summed E-state index contributed by atoms with van der Waals surface area (Å²) in [5.41, 5.74) is 4.57. The smallest absolute Gasteiger partial charge is 0.240 e. The van der Waals surface area contributed by atoms with Crippen LogP contribution in [0.2, 0.25) is 0 Å². The fourth-order valence-corrected chi connectivity index (χ4v) is 3.59. The number of halogens is 2. The highest BCUT2D eigenvalue weighted by Gasteiger charge is 2.12. The molecule has 0 unspecified atom stereocenters. The summed E-state index contributed by atoms with van der Waals surface area (Å²) in [5.74, 6) is -0.0448. The summed E-state index contributed by atoms with van der Waals surface area (Å²) in [7, 11) is 0. The number of hydrazone groups is 1. The van der Waals surface area contributed by atoms with Gasteiger partial charge in [-0.3, -0.25) is 9.59 Å². The average molecular weight is 542 g/mol. The maximum absolute atomic E-state index is 12.9. The van der Waals surface area contributed by atoms with E-state index in [1.807, 2.05) is 37.3 Å². The van der Waals surface area contributed by atoms with Crippen molar-refractivity contribution in [2.24, 2.45) is 5.10 Å². The van der Waals surface area contributed by atoms with Gasteiger partial charge in [-0.15, -0.1) is 0 Å². The molecule has 0 atom stereocenters. The monoisotopic (exact) mass is 541 g/mol. The van der Waals surface area contributed by atoms with Crippen molar-refractivity contribution in [1.29, 1.82) is 0 Å². The number of carbonyl (C=O) groups is 2. The van der Waals surface area contributed by atoms with E-state index in [-0.39, 0.29) is 18.7 Å². The van der Waals surface area contributed by atoms with Crippen molar-refractivity contribution in [3.8, 4) is 11.5 Å². The standard InChI is InChI=1S/C26H25BrFN3O4/c1-2-34-23-15-19(14-22(27)26(23)35-17-18-6-4-3-5-7-18)16-29-31-25(33)13-12-24(32)30-21-10-8-20(28)9-11-21/h3-11,14-16H,2,12-13,17H2,1H3,(H,30,32)(H,31,33). The quantitative estimate of drug-likeness (QED) is 0.250. The molecule has 35 heavy (non-hydrogen) atoms. The number of amides is 2. The topological polar surface area (TPSA) is 89.0 Å². The lowest BCUT2D eigenvalue weighted by atomic mass is 10.2. The first-order valence-corrected chi connectivity index (χ1v) is 11.7. The largest absolute Gasteiger partial charge is 0.490 e. The van der Waals surface area contributed by atoms with Crippen molar-refractivity contribution in [1.82, 2.24) is 5.43 Å². The number of hydrogen-bond acceptors (Lipinski definition) is 5. The van der Waals surface area contributed by atoms with Crippen LogP contribution in [0.1, 0.15) is 30.9 Å². The molecule has 0 saturated carbocycles. The van der Waals surface area contributed by atoms with E-state index in [4.69, 9.17) is 9.47 Å². The molecule has 0 aliphatic heterocycles. The Labute approximate surface area is 211 Å². The highest BCUT2D eigenvalue weighted by molar-refractivity contribution is 9.10. The van der Waals surface area contributed by atoms with Crippen molar-refractivity contribution in [3.05, 3.63) is 88.1 Å². The predicted octanol–water partition coefficient (Wildman–Crippen LogP) is 5.43. The van der Waals surface area contributed by atoms with Crippen LogP contribution in [0.5, 0.6) is 11.5 Å². The highest BCUT2D eigenvalue weighted by atomic mass is 79.9. The highest BCUT2D eigenvalue weighted by Crippen LogP contribution is 2.37. The zero-order valence-corrected chi connectivity index (χ0v) is 20.7. The van der Waals surface area contributed by atoms with Crippen LogP contribution in [0.25, 0.3) is 0 Å². The number of nitrogens with one attached hydrogen (secondary N) is 2. The minimum absolute atomic E-state index is 0.0355. The number of benzene rings is 3. The Bertz CT molecular complexity index is 1170. The SMILES string of the molecule is CCOc1cc(C=NNC(=O)CCC(=O)Nc2ccc(F)cc2)cc(Br)c1OCc1ccccc1. The summed E-state index contributed by atoms with van der Waals surface area (Å²) in [6.45, 7) is 2.71. The van der Waals surface area contributed by atoms with Gasteiger partial charge < -0.3 is 14.8 Å². The van der Waals surface area contributed by atoms with Gasteiger partial charge in [-0.05, 0) is 70.4 Å². The van der Waals surface area contributed by atoms with Gasteiger partial charge in [0.05, 0.1) is 17.3 Å². The lowest BCUT2D eigenvalue weighted by molar-refractivity contribution is -0.124. The number of hydrogen-bond donors (Lipinski definition) is 2. The fraction of sp³-hybridized carbons (Fsp3) is 0.192. The number of carbonyl (C=O) groups excluding carboxylic acids is 2. The summed E-state index contributed by atoms with van der Waals surface area (Å²) in [6, 6.07) is 18.7. The molecule has 3 rings (SSSR count). The number of anilines is 1. The second-order valence-corrected chi connectivity index (χ2v) is 8.24. The third-order valence-electron chi connectivity index (χ3n) is 4.67. The average Bonchev–Trinajstić information content (AvgIpc) is 2.84. The molecule has 7 nitrogen and oxygen atoms in total. The van der Waals surface area contributed by atoms with Gasteiger partial charge in [0.2, 0.25) is 11.8 Å². The molecule has 0 heterocycles. The molecule has 2 amide bonds. The summed E-state index contributed by atoms with van der Waals surface area (Å²) in [4.78, 5) is 24.0. The normalized spacial score (nSPS) is 10.7. The minimum atomic E-state index is -0.414. The van der Waals surface area contributed by atoms with E-state index >= 15 is 0 Å². The molecular weight excluding hydrogens is 517 g/mol. The van der Waals surface area contributed by atoms with Crippen molar-refractivity contribution in [2.75, 3.05) is 11.9 Å². The van der Waals surface area contributed by atoms with Gasteiger partial charge in [-0.2, -0.15) is 5.10 Å². The Morgan fingerprint density at radius 3 is 2.43 bits per heavy atom. The molecule has 9 heteroatoms. The number of rotatable bonds is 11. The first kappa shape index (κ1) is 25.9. The molecule has 182 valence electrons. The first-order valence-electron chi connectivity index (χ1n) is 10.9. The van der Waals surface area contributed by atoms with Crippen LogP contribution in [-0.2, 0) is 16.2 Å². The van der Waals surface area contributed by atoms with Gasteiger partial charge in [0, 0.05) is 18.5 Å². The van der Waals surface area contributed by atoms with Gasteiger partial charge in [0.15, 0.2) is 11.5 Å². The summed E-state index contributed by atoms with van der Waals surface area (Å²) in [5, 5.41) is 6.57. The molecule has 0 aliphatic rings. The second kappa shape index (κ2) is 13.2. The van der Waals surface area contributed by atoms with E-state index in [1.54, 1.807) is 12.1 Å². The first-order chi connectivity index (χ1) is 16.9. The molecule has 0 saturated heterocycles. The molecule has 0 fully saturated rings. The lowest BCUT2D eigenvalue weighted by Gasteiger charge is -2.14. The van der Waals surface area contributed by atoms with Crippen LogP contribution in [-0.4, -0.2) is 24.6 Å². The molecule has 3 aromatic rings. The van der Waals surface area contributed by atoms with Crippen LogP contribution >= 0.6 is 15.9 Å². The summed E-state index contributed by atoms with van der Waals surface area (Å²) >= 11 is 3.52. The summed E-state index contributed by atoms with van der Waals surface area (Å²) in [6.07, 6.45) is 1.39. The molecule has 0 radical (unpaired) electrons. The molecule has 0 aromatic heterocycles. The number of nitrogens with zero attached hydrogens (tertiary/aromatic N) is 1. The Kier molecular flexibility index (Phi) is 9.80. The van der Waals surface area contributed by atoms with E-state index in [0.29, 0.717) is 40.4 Å². The van der Waals surface area contributed by atoms with Gasteiger partial charge in [-0.1, -0.05) is 30.3 Å². The van der Waals surface area contributed by atoms with E-state index in [2.05, 4.69) is 31.8 Å². The zero-order valence-electron chi connectivity index (χ0n) is 19.1. The predicted molar refractivity (Wildman–Crippen MR) is 136 cm³/mol. The van der Waals surface area contributed by atoms with E-state index in [0.717, 1.165) is 5.56 Å². The van der Waals surface area contributed by atoms with Crippen LogP contribution in [0.15, 0.2) is 76.3 Å². The van der Waals surface area contributed by atoms with Crippen molar-refractivity contribution >= 4 is 39.6 Å². The van der Waals surface area contributed by atoms with E-state index in [9.17, 15) is 14.0 Å².